The summed E-state index contributed by atoms with van der Waals surface area (Å²) in [6.45, 7) is 6.94. The van der Waals surface area contributed by atoms with Crippen LogP contribution in [0.15, 0.2) is 29.3 Å². The van der Waals surface area contributed by atoms with Gasteiger partial charge in [-0.3, -0.25) is 9.79 Å². The van der Waals surface area contributed by atoms with Crippen LogP contribution in [-0.4, -0.2) is 63.3 Å². The summed E-state index contributed by atoms with van der Waals surface area (Å²) in [6.07, 6.45) is 2.31. The van der Waals surface area contributed by atoms with Gasteiger partial charge >= 0.3 is 0 Å². The number of nitrogens with one attached hydrogen (secondary N) is 2. The molecule has 1 aromatic carbocycles. The molecule has 0 aromatic heterocycles. The summed E-state index contributed by atoms with van der Waals surface area (Å²) in [6, 6.07) is 7.79. The topological polar surface area (TPSA) is 75.2 Å². The number of likely N-dealkylation sites (tertiary alicyclic amines) is 1. The van der Waals surface area contributed by atoms with Crippen molar-refractivity contribution in [3.63, 3.8) is 0 Å². The zero-order chi connectivity index (χ0) is 19.1. The average molecular weight is 502 g/mol. The predicted molar refractivity (Wildman–Crippen MR) is 120 cm³/mol. The molecule has 0 bridgehead atoms. The molecule has 7 nitrogen and oxygen atoms in total. The molecule has 2 aliphatic heterocycles. The lowest BCUT2D eigenvalue weighted by Gasteiger charge is -2.25. The highest BCUT2D eigenvalue weighted by molar-refractivity contribution is 14.0. The first-order valence-electron chi connectivity index (χ1n) is 9.66. The van der Waals surface area contributed by atoms with E-state index in [2.05, 4.69) is 20.5 Å². The highest BCUT2D eigenvalue weighted by atomic mass is 127. The van der Waals surface area contributed by atoms with Crippen molar-refractivity contribution in [2.24, 2.45) is 10.4 Å². The van der Waals surface area contributed by atoms with Gasteiger partial charge in [-0.05, 0) is 37.5 Å². The first kappa shape index (κ1) is 22.7. The lowest BCUT2D eigenvalue weighted by Crippen LogP contribution is -2.41. The molecule has 1 unspecified atom stereocenters. The Labute approximate surface area is 184 Å². The normalized spacial score (nSPS) is 21.5. The number of likely N-dealkylation sites (N-methyl/N-ethyl adjacent to an activating group) is 1. The van der Waals surface area contributed by atoms with Crippen LogP contribution in [0, 0.1) is 5.41 Å². The maximum atomic E-state index is 11.5. The van der Waals surface area contributed by atoms with Gasteiger partial charge in [0.1, 0.15) is 5.75 Å². The summed E-state index contributed by atoms with van der Waals surface area (Å²) < 4.78 is 11.2. The molecule has 2 fully saturated rings. The molecule has 1 atom stereocenters. The van der Waals surface area contributed by atoms with Crippen LogP contribution in [0.1, 0.15) is 25.3 Å². The van der Waals surface area contributed by atoms with Crippen molar-refractivity contribution in [1.29, 1.82) is 0 Å². The van der Waals surface area contributed by atoms with Gasteiger partial charge in [0.25, 0.3) is 5.91 Å². The number of amides is 1. The predicted octanol–water partition coefficient (Wildman–Crippen LogP) is 2.01. The number of benzene rings is 1. The summed E-state index contributed by atoms with van der Waals surface area (Å²) >= 11 is 0. The second kappa shape index (κ2) is 10.8. The number of carbonyl (C=O) groups excluding carboxylic acids is 1. The highest BCUT2D eigenvalue weighted by Crippen LogP contribution is 2.38. The Kier molecular flexibility index (Phi) is 8.81. The van der Waals surface area contributed by atoms with E-state index in [9.17, 15) is 4.79 Å². The fourth-order valence-electron chi connectivity index (χ4n) is 3.74. The molecule has 2 aliphatic rings. The van der Waals surface area contributed by atoms with E-state index in [0.29, 0.717) is 24.3 Å². The number of halogens is 1. The van der Waals surface area contributed by atoms with Crippen LogP contribution >= 0.6 is 24.0 Å². The van der Waals surface area contributed by atoms with Crippen molar-refractivity contribution in [3.05, 3.63) is 29.8 Å². The Bertz CT molecular complexity index is 677. The van der Waals surface area contributed by atoms with Gasteiger partial charge in [0, 0.05) is 45.2 Å². The molecule has 0 aliphatic carbocycles. The monoisotopic (exact) mass is 502 g/mol. The second-order valence-corrected chi connectivity index (χ2v) is 7.26. The van der Waals surface area contributed by atoms with E-state index < -0.39 is 0 Å². The van der Waals surface area contributed by atoms with E-state index in [1.54, 1.807) is 0 Å². The molecule has 2 heterocycles. The van der Waals surface area contributed by atoms with E-state index in [0.717, 1.165) is 50.7 Å². The van der Waals surface area contributed by atoms with Gasteiger partial charge < -0.3 is 25.0 Å². The third-order valence-corrected chi connectivity index (χ3v) is 5.23. The zero-order valence-electron chi connectivity index (χ0n) is 16.7. The lowest BCUT2D eigenvalue weighted by atomic mass is 9.87. The van der Waals surface area contributed by atoms with Gasteiger partial charge in [0.05, 0.1) is 6.61 Å². The van der Waals surface area contributed by atoms with Crippen LogP contribution in [0.2, 0.25) is 0 Å². The Morgan fingerprint density at radius 3 is 2.93 bits per heavy atom. The zero-order valence-corrected chi connectivity index (χ0v) is 19.0. The minimum atomic E-state index is -0.111. The summed E-state index contributed by atoms with van der Waals surface area (Å²) in [5.41, 5.74) is 1.40. The number of rotatable bonds is 6. The molecule has 8 heteroatoms. The molecule has 2 N–H and O–H groups in total. The van der Waals surface area contributed by atoms with E-state index in [4.69, 9.17) is 9.47 Å². The molecular weight excluding hydrogens is 471 g/mol. The van der Waals surface area contributed by atoms with Crippen molar-refractivity contribution in [2.45, 2.75) is 26.3 Å². The summed E-state index contributed by atoms with van der Waals surface area (Å²) in [5, 5.41) is 6.17. The minimum absolute atomic E-state index is 0. The number of nitrogens with zero attached hydrogens (tertiary/aromatic N) is 2. The number of guanidine groups is 1. The van der Waals surface area contributed by atoms with Crippen LogP contribution < -0.4 is 15.4 Å². The van der Waals surface area contributed by atoms with Crippen LogP contribution in [0.25, 0.3) is 0 Å². The Morgan fingerprint density at radius 1 is 1.36 bits per heavy atom. The quantitative estimate of drug-likeness (QED) is 0.354. The number of aliphatic imine (C=N–C) groups is 1. The highest BCUT2D eigenvalue weighted by Gasteiger charge is 2.42. The summed E-state index contributed by atoms with van der Waals surface area (Å²) in [5.74, 6) is 1.51. The second-order valence-electron chi connectivity index (χ2n) is 7.26. The maximum absolute atomic E-state index is 11.5. The fourth-order valence-corrected chi connectivity index (χ4v) is 3.74. The minimum Gasteiger partial charge on any atom is -0.484 e. The van der Waals surface area contributed by atoms with E-state index >= 15 is 0 Å². The van der Waals surface area contributed by atoms with Gasteiger partial charge in [-0.1, -0.05) is 12.1 Å². The van der Waals surface area contributed by atoms with Crippen molar-refractivity contribution >= 4 is 35.8 Å². The Morgan fingerprint density at radius 2 is 2.21 bits per heavy atom. The van der Waals surface area contributed by atoms with Crippen LogP contribution in [0.5, 0.6) is 5.75 Å². The Hall–Kier alpha value is -1.55. The van der Waals surface area contributed by atoms with Gasteiger partial charge in [-0.15, -0.1) is 24.0 Å². The summed E-state index contributed by atoms with van der Waals surface area (Å²) in [7, 11) is 1.82. The van der Waals surface area contributed by atoms with Crippen molar-refractivity contribution < 1.29 is 14.3 Å². The number of hydrogen-bond acceptors (Lipinski definition) is 4. The van der Waals surface area contributed by atoms with Crippen molar-refractivity contribution in [3.8, 4) is 5.75 Å². The molecule has 2 saturated heterocycles. The van der Waals surface area contributed by atoms with Crippen LogP contribution in [-0.2, 0) is 16.1 Å². The Balaban J connectivity index is 0.00000280. The average Bonchev–Trinajstić information content (AvgIpc) is 3.31. The molecule has 28 heavy (non-hydrogen) atoms. The first-order valence-corrected chi connectivity index (χ1v) is 9.66. The standard InChI is InChI=1S/C20H30N4O3.HI/c1-3-22-18(25)13-27-17-6-4-5-16(11-17)12-23-19(21-2)24-9-7-20(14-24)8-10-26-15-20;/h4-6,11H,3,7-10,12-15H2,1-2H3,(H,21,23)(H,22,25);1H. The first-order chi connectivity index (χ1) is 13.1. The largest absolute Gasteiger partial charge is 0.484 e. The smallest absolute Gasteiger partial charge is 0.257 e. The molecule has 3 rings (SSSR count). The van der Waals surface area contributed by atoms with Crippen molar-refractivity contribution in [2.75, 3.05) is 46.5 Å². The molecule has 0 saturated carbocycles. The third-order valence-electron chi connectivity index (χ3n) is 5.23. The van der Waals surface area contributed by atoms with E-state index in [1.165, 1.54) is 0 Å². The van der Waals surface area contributed by atoms with E-state index in [-0.39, 0.29) is 36.5 Å². The molecule has 1 amide bonds. The number of hydrogen-bond donors (Lipinski definition) is 2. The van der Waals surface area contributed by atoms with Gasteiger partial charge in [0.2, 0.25) is 0 Å². The molecule has 1 spiro atoms. The molecule has 1 aromatic rings. The van der Waals surface area contributed by atoms with Gasteiger partial charge in [-0.25, -0.2) is 0 Å². The number of carbonyl (C=O) groups is 1. The molecule has 156 valence electrons. The SMILES string of the molecule is CCNC(=O)COc1cccc(CNC(=NC)N2CCC3(CCOC3)C2)c1.I. The molecular formula is C20H31IN4O3. The van der Waals surface area contributed by atoms with Crippen LogP contribution in [0.4, 0.5) is 0 Å². The van der Waals surface area contributed by atoms with Gasteiger partial charge in [-0.2, -0.15) is 0 Å². The fraction of sp³-hybridized carbons (Fsp3) is 0.600. The third kappa shape index (κ3) is 5.97. The lowest BCUT2D eigenvalue weighted by molar-refractivity contribution is -0.122. The molecule has 0 radical (unpaired) electrons. The summed E-state index contributed by atoms with van der Waals surface area (Å²) in [4.78, 5) is 18.3. The number of ether oxygens (including phenoxy) is 2. The van der Waals surface area contributed by atoms with Crippen molar-refractivity contribution in [1.82, 2.24) is 15.5 Å². The van der Waals surface area contributed by atoms with Crippen LogP contribution in [0.3, 0.4) is 0 Å². The maximum Gasteiger partial charge on any atom is 0.257 e. The van der Waals surface area contributed by atoms with Gasteiger partial charge in [0.15, 0.2) is 12.6 Å². The van der Waals surface area contributed by atoms with E-state index in [1.807, 2.05) is 38.2 Å².